The van der Waals surface area contributed by atoms with Gasteiger partial charge in [0.25, 0.3) is 0 Å². The smallest absolute Gasteiger partial charge is 0.137 e. The molecule has 0 aromatic carbocycles. The van der Waals surface area contributed by atoms with E-state index in [0.29, 0.717) is 0 Å². The minimum absolute atomic E-state index is 0.135. The second-order valence-electron chi connectivity index (χ2n) is 2.74. The van der Waals surface area contributed by atoms with Gasteiger partial charge in [0.15, 0.2) is 0 Å². The van der Waals surface area contributed by atoms with Crippen molar-refractivity contribution in [2.24, 2.45) is 0 Å². The van der Waals surface area contributed by atoms with Crippen LogP contribution in [-0.4, -0.2) is 30.3 Å². The van der Waals surface area contributed by atoms with Crippen LogP contribution in [-0.2, 0) is 4.79 Å². The van der Waals surface area contributed by atoms with Crippen molar-refractivity contribution in [2.45, 2.75) is 25.8 Å². The van der Waals surface area contributed by atoms with E-state index in [4.69, 9.17) is 0 Å². The Morgan fingerprint density at radius 3 is 3.18 bits per heavy atom. The highest BCUT2D eigenvalue weighted by molar-refractivity contribution is 5.58. The zero-order valence-electron chi connectivity index (χ0n) is 6.84. The molecule has 0 unspecified atom stereocenters. The van der Waals surface area contributed by atoms with Gasteiger partial charge in [0.1, 0.15) is 6.29 Å². The molecule has 0 aliphatic carbocycles. The highest BCUT2D eigenvalue weighted by Gasteiger charge is 2.22. The van der Waals surface area contributed by atoms with Crippen molar-refractivity contribution < 1.29 is 4.79 Å². The summed E-state index contributed by atoms with van der Waals surface area (Å²) in [7, 11) is 0. The van der Waals surface area contributed by atoms with Crippen molar-refractivity contribution in [2.75, 3.05) is 13.1 Å². The van der Waals surface area contributed by atoms with E-state index in [1.54, 1.807) is 0 Å². The normalized spacial score (nSPS) is 24.3. The van der Waals surface area contributed by atoms with Crippen LogP contribution < -0.4 is 0 Å². The summed E-state index contributed by atoms with van der Waals surface area (Å²) >= 11 is 0. The molecular formula is C9H13NO. The molecule has 60 valence electrons. The first-order valence-electron chi connectivity index (χ1n) is 3.97. The summed E-state index contributed by atoms with van der Waals surface area (Å²) in [4.78, 5) is 12.6. The highest BCUT2D eigenvalue weighted by atomic mass is 16.1. The SMILES string of the molecule is CC#CCN1CCC[C@H]1C=O. The van der Waals surface area contributed by atoms with Crippen molar-refractivity contribution in [3.05, 3.63) is 0 Å². The third kappa shape index (κ3) is 2.06. The minimum Gasteiger partial charge on any atom is -0.302 e. The molecule has 0 spiro atoms. The summed E-state index contributed by atoms with van der Waals surface area (Å²) in [5.41, 5.74) is 0. The maximum atomic E-state index is 10.5. The maximum absolute atomic E-state index is 10.5. The molecular weight excluding hydrogens is 138 g/mol. The van der Waals surface area contributed by atoms with E-state index in [0.717, 1.165) is 32.2 Å². The Hall–Kier alpha value is -0.810. The average Bonchev–Trinajstić information content (AvgIpc) is 2.47. The van der Waals surface area contributed by atoms with Crippen molar-refractivity contribution in [3.63, 3.8) is 0 Å². The van der Waals surface area contributed by atoms with E-state index in [1.165, 1.54) is 0 Å². The largest absolute Gasteiger partial charge is 0.302 e. The Kier molecular flexibility index (Phi) is 3.13. The van der Waals surface area contributed by atoms with Crippen LogP contribution >= 0.6 is 0 Å². The topological polar surface area (TPSA) is 20.3 Å². The predicted octanol–water partition coefficient (Wildman–Crippen LogP) is 0.673. The van der Waals surface area contributed by atoms with Gasteiger partial charge in [0.05, 0.1) is 12.6 Å². The van der Waals surface area contributed by atoms with Crippen LogP contribution in [0.1, 0.15) is 19.8 Å². The van der Waals surface area contributed by atoms with Crippen LogP contribution in [0.2, 0.25) is 0 Å². The van der Waals surface area contributed by atoms with E-state index in [1.807, 2.05) is 6.92 Å². The standard InChI is InChI=1S/C9H13NO/c1-2-3-6-10-7-4-5-9(10)8-11/h8-9H,4-7H2,1H3/t9-/m0/s1. The lowest BCUT2D eigenvalue weighted by Crippen LogP contribution is -2.30. The molecule has 0 aromatic heterocycles. The Bertz CT molecular complexity index is 189. The third-order valence-corrected chi connectivity index (χ3v) is 2.03. The Balaban J connectivity index is 2.41. The molecule has 1 aliphatic rings. The molecule has 11 heavy (non-hydrogen) atoms. The first-order chi connectivity index (χ1) is 5.38. The summed E-state index contributed by atoms with van der Waals surface area (Å²) in [6.45, 7) is 3.60. The van der Waals surface area contributed by atoms with Crippen molar-refractivity contribution in [1.29, 1.82) is 0 Å². The summed E-state index contributed by atoms with van der Waals surface area (Å²) < 4.78 is 0. The lowest BCUT2D eigenvalue weighted by Gasteiger charge is -2.15. The molecule has 1 saturated heterocycles. The van der Waals surface area contributed by atoms with E-state index in [9.17, 15) is 4.79 Å². The van der Waals surface area contributed by atoms with Crippen LogP contribution in [0.4, 0.5) is 0 Å². The van der Waals surface area contributed by atoms with Gasteiger partial charge in [0.2, 0.25) is 0 Å². The van der Waals surface area contributed by atoms with Crippen LogP contribution in [0.25, 0.3) is 0 Å². The zero-order chi connectivity index (χ0) is 8.10. The first kappa shape index (κ1) is 8.29. The molecule has 1 rings (SSSR count). The number of hydrogen-bond donors (Lipinski definition) is 0. The molecule has 1 atom stereocenters. The lowest BCUT2D eigenvalue weighted by atomic mass is 10.2. The fourth-order valence-electron chi connectivity index (χ4n) is 1.38. The predicted molar refractivity (Wildman–Crippen MR) is 44.1 cm³/mol. The summed E-state index contributed by atoms with van der Waals surface area (Å²) in [6.07, 6.45) is 3.17. The molecule has 0 amide bonds. The van der Waals surface area contributed by atoms with Gasteiger partial charge in [-0.25, -0.2) is 0 Å². The number of hydrogen-bond acceptors (Lipinski definition) is 2. The summed E-state index contributed by atoms with van der Waals surface area (Å²) in [5, 5.41) is 0. The first-order valence-corrected chi connectivity index (χ1v) is 3.97. The van der Waals surface area contributed by atoms with Gasteiger partial charge in [0, 0.05) is 0 Å². The second kappa shape index (κ2) is 4.15. The van der Waals surface area contributed by atoms with Crippen LogP contribution in [0, 0.1) is 11.8 Å². The quantitative estimate of drug-likeness (QED) is 0.427. The van der Waals surface area contributed by atoms with Crippen molar-refractivity contribution in [1.82, 2.24) is 4.90 Å². The minimum atomic E-state index is 0.135. The molecule has 0 radical (unpaired) electrons. The number of carbonyl (C=O) groups excluding carboxylic acids is 1. The van der Waals surface area contributed by atoms with Gasteiger partial charge in [-0.2, -0.15) is 0 Å². The number of nitrogens with zero attached hydrogens (tertiary/aromatic N) is 1. The molecule has 0 N–H and O–H groups in total. The van der Waals surface area contributed by atoms with Gasteiger partial charge in [-0.05, 0) is 26.3 Å². The lowest BCUT2D eigenvalue weighted by molar-refractivity contribution is -0.111. The van der Waals surface area contributed by atoms with Crippen LogP contribution in [0.5, 0.6) is 0 Å². The highest BCUT2D eigenvalue weighted by Crippen LogP contribution is 2.13. The molecule has 1 heterocycles. The van der Waals surface area contributed by atoms with E-state index < -0.39 is 0 Å². The Morgan fingerprint density at radius 1 is 1.73 bits per heavy atom. The van der Waals surface area contributed by atoms with E-state index in [-0.39, 0.29) is 6.04 Å². The number of rotatable bonds is 2. The Morgan fingerprint density at radius 2 is 2.55 bits per heavy atom. The third-order valence-electron chi connectivity index (χ3n) is 2.03. The summed E-state index contributed by atoms with van der Waals surface area (Å²) in [5.74, 6) is 5.80. The second-order valence-corrected chi connectivity index (χ2v) is 2.74. The maximum Gasteiger partial charge on any atom is 0.137 e. The fourth-order valence-corrected chi connectivity index (χ4v) is 1.38. The van der Waals surface area contributed by atoms with Gasteiger partial charge in [-0.1, -0.05) is 5.92 Å². The molecule has 2 heteroatoms. The van der Waals surface area contributed by atoms with E-state index in [2.05, 4.69) is 16.7 Å². The van der Waals surface area contributed by atoms with Gasteiger partial charge in [-0.3, -0.25) is 4.90 Å². The molecule has 1 aliphatic heterocycles. The molecule has 0 saturated carbocycles. The van der Waals surface area contributed by atoms with Gasteiger partial charge in [-0.15, -0.1) is 5.92 Å². The molecule has 0 aromatic rings. The monoisotopic (exact) mass is 151 g/mol. The fraction of sp³-hybridized carbons (Fsp3) is 0.667. The van der Waals surface area contributed by atoms with Crippen molar-refractivity contribution in [3.8, 4) is 11.8 Å². The van der Waals surface area contributed by atoms with Gasteiger partial charge >= 0.3 is 0 Å². The molecule has 2 nitrogen and oxygen atoms in total. The van der Waals surface area contributed by atoms with E-state index >= 15 is 0 Å². The number of aldehydes is 1. The molecule has 1 fully saturated rings. The van der Waals surface area contributed by atoms with Gasteiger partial charge < -0.3 is 4.79 Å². The molecule has 0 bridgehead atoms. The van der Waals surface area contributed by atoms with Crippen LogP contribution in [0.3, 0.4) is 0 Å². The number of likely N-dealkylation sites (tertiary alicyclic amines) is 1. The number of carbonyl (C=O) groups is 1. The van der Waals surface area contributed by atoms with Crippen molar-refractivity contribution >= 4 is 6.29 Å². The Labute approximate surface area is 67.6 Å². The summed E-state index contributed by atoms with van der Waals surface area (Å²) in [6, 6.07) is 0.135. The average molecular weight is 151 g/mol. The zero-order valence-corrected chi connectivity index (χ0v) is 6.84. The van der Waals surface area contributed by atoms with Crippen LogP contribution in [0.15, 0.2) is 0 Å².